The van der Waals surface area contributed by atoms with Crippen molar-refractivity contribution in [3.05, 3.63) is 56.7 Å². The lowest BCUT2D eigenvalue weighted by molar-refractivity contribution is -0.128. The van der Waals surface area contributed by atoms with E-state index in [-0.39, 0.29) is 17.6 Å². The molecule has 1 aliphatic carbocycles. The van der Waals surface area contributed by atoms with Crippen molar-refractivity contribution in [2.75, 3.05) is 20.7 Å². The molecule has 0 N–H and O–H groups in total. The van der Waals surface area contributed by atoms with Crippen LogP contribution in [0.15, 0.2) is 40.3 Å². The molecule has 0 saturated carbocycles. The number of benzene rings is 1. The average molecular weight is 498 g/mol. The number of aryl methyl sites for hydroxylation is 1. The van der Waals surface area contributed by atoms with Crippen LogP contribution in [0.25, 0.3) is 10.2 Å². The molecular formula is C26H31N3O3S2. The third-order valence-electron chi connectivity index (χ3n) is 6.78. The third-order valence-corrected chi connectivity index (χ3v) is 9.16. The lowest BCUT2D eigenvalue weighted by atomic mass is 9.89. The van der Waals surface area contributed by atoms with Gasteiger partial charge in [-0.3, -0.25) is 14.2 Å². The molecule has 2 aromatic heterocycles. The number of hydrogen-bond donors (Lipinski definition) is 0. The molecule has 3 atom stereocenters. The Labute approximate surface area is 208 Å². The Morgan fingerprint density at radius 2 is 2.09 bits per heavy atom. The van der Waals surface area contributed by atoms with Crippen molar-refractivity contribution in [2.24, 2.45) is 5.92 Å². The summed E-state index contributed by atoms with van der Waals surface area (Å²) in [5, 5.41) is 0.902. The van der Waals surface area contributed by atoms with Crippen molar-refractivity contribution in [3.63, 3.8) is 0 Å². The van der Waals surface area contributed by atoms with Crippen LogP contribution in [-0.2, 0) is 28.9 Å². The minimum atomic E-state index is -0.481. The molecule has 0 spiro atoms. The predicted molar refractivity (Wildman–Crippen MR) is 138 cm³/mol. The van der Waals surface area contributed by atoms with Crippen molar-refractivity contribution in [1.82, 2.24) is 14.5 Å². The molecule has 3 heterocycles. The van der Waals surface area contributed by atoms with Gasteiger partial charge in [0.25, 0.3) is 5.56 Å². The average Bonchev–Trinajstić information content (AvgIpc) is 3.46. The second-order valence-corrected chi connectivity index (χ2v) is 11.8. The maximum atomic E-state index is 13.9. The first-order chi connectivity index (χ1) is 16.4. The van der Waals surface area contributed by atoms with E-state index in [9.17, 15) is 9.59 Å². The zero-order valence-corrected chi connectivity index (χ0v) is 21.6. The van der Waals surface area contributed by atoms with Crippen LogP contribution in [0.2, 0.25) is 0 Å². The molecule has 2 aliphatic rings. The van der Waals surface area contributed by atoms with Crippen molar-refractivity contribution < 1.29 is 9.53 Å². The van der Waals surface area contributed by atoms with Gasteiger partial charge in [-0.05, 0) is 49.1 Å². The highest BCUT2D eigenvalue weighted by Gasteiger charge is 2.30. The quantitative estimate of drug-likeness (QED) is 0.365. The Bertz CT molecular complexity index is 1250. The smallest absolute Gasteiger partial charge is 0.263 e. The Balaban J connectivity index is 1.63. The standard InChI is InChI=1S/C26H31N3O3S2/c1-16-11-12-19-20(14-16)33-23-21(19)24(30)29(15-18-10-7-13-32-18)26(27-23)34-22(25(31)28(2)3)17-8-5-4-6-9-17/h4-6,8-9,16,18,22H,7,10-15H2,1-3H3. The third kappa shape index (κ3) is 4.55. The number of hydrogen-bond acceptors (Lipinski definition) is 6. The van der Waals surface area contributed by atoms with E-state index in [1.807, 2.05) is 30.3 Å². The highest BCUT2D eigenvalue weighted by Crippen LogP contribution is 2.39. The van der Waals surface area contributed by atoms with E-state index in [2.05, 4.69) is 6.92 Å². The zero-order valence-electron chi connectivity index (χ0n) is 20.0. The van der Waals surface area contributed by atoms with Gasteiger partial charge in [-0.2, -0.15) is 0 Å². The summed E-state index contributed by atoms with van der Waals surface area (Å²) in [6.45, 7) is 3.48. The number of aromatic nitrogens is 2. The Hall–Kier alpha value is -2.16. The van der Waals surface area contributed by atoms with Crippen LogP contribution in [0.4, 0.5) is 0 Å². The van der Waals surface area contributed by atoms with Gasteiger partial charge in [0.05, 0.1) is 18.0 Å². The van der Waals surface area contributed by atoms with Gasteiger partial charge in [0.15, 0.2) is 5.16 Å². The van der Waals surface area contributed by atoms with E-state index in [0.29, 0.717) is 17.6 Å². The molecule has 6 nitrogen and oxygen atoms in total. The van der Waals surface area contributed by atoms with Gasteiger partial charge >= 0.3 is 0 Å². The van der Waals surface area contributed by atoms with E-state index in [1.54, 1.807) is 34.9 Å². The second kappa shape index (κ2) is 9.84. The number of carbonyl (C=O) groups is 1. The maximum Gasteiger partial charge on any atom is 0.263 e. The van der Waals surface area contributed by atoms with Crippen molar-refractivity contribution in [3.8, 4) is 0 Å². The molecule has 5 rings (SSSR count). The van der Waals surface area contributed by atoms with Gasteiger partial charge in [0.1, 0.15) is 10.1 Å². The molecule has 0 radical (unpaired) electrons. The topological polar surface area (TPSA) is 64.4 Å². The minimum absolute atomic E-state index is 0.00510. The van der Waals surface area contributed by atoms with Crippen LogP contribution in [0.5, 0.6) is 0 Å². The van der Waals surface area contributed by atoms with Crippen LogP contribution < -0.4 is 5.56 Å². The van der Waals surface area contributed by atoms with Crippen LogP contribution in [0, 0.1) is 5.92 Å². The largest absolute Gasteiger partial charge is 0.376 e. The number of rotatable bonds is 6. The molecule has 1 aliphatic heterocycles. The lowest BCUT2D eigenvalue weighted by Gasteiger charge is -2.22. The molecule has 1 aromatic carbocycles. The highest BCUT2D eigenvalue weighted by atomic mass is 32.2. The van der Waals surface area contributed by atoms with E-state index in [1.165, 1.54) is 22.2 Å². The summed E-state index contributed by atoms with van der Waals surface area (Å²) in [5.74, 6) is 0.609. The van der Waals surface area contributed by atoms with Crippen LogP contribution in [-0.4, -0.2) is 47.2 Å². The first kappa shape index (κ1) is 23.6. The Kier molecular flexibility index (Phi) is 6.82. The molecular weight excluding hydrogens is 466 g/mol. The molecule has 3 unspecified atom stereocenters. The number of likely N-dealkylation sites (N-methyl/N-ethyl adjacent to an activating group) is 1. The fourth-order valence-electron chi connectivity index (χ4n) is 4.88. The number of thiophene rings is 1. The molecule has 8 heteroatoms. The monoisotopic (exact) mass is 497 g/mol. The number of thioether (sulfide) groups is 1. The molecule has 3 aromatic rings. The van der Waals surface area contributed by atoms with E-state index < -0.39 is 5.25 Å². The summed E-state index contributed by atoms with van der Waals surface area (Å²) in [6, 6.07) is 9.75. The maximum absolute atomic E-state index is 13.9. The van der Waals surface area contributed by atoms with Crippen LogP contribution >= 0.6 is 23.1 Å². The molecule has 1 saturated heterocycles. The summed E-state index contributed by atoms with van der Waals surface area (Å²) in [7, 11) is 3.53. The first-order valence-corrected chi connectivity index (χ1v) is 13.7. The van der Waals surface area contributed by atoms with Gasteiger partial charge in [0.2, 0.25) is 5.91 Å². The fourth-order valence-corrected chi connectivity index (χ4v) is 7.55. The summed E-state index contributed by atoms with van der Waals surface area (Å²) < 4.78 is 7.68. The number of carbonyl (C=O) groups excluding carboxylic acids is 1. The van der Waals surface area contributed by atoms with Crippen LogP contribution in [0.1, 0.15) is 47.4 Å². The van der Waals surface area contributed by atoms with Gasteiger partial charge in [-0.1, -0.05) is 49.0 Å². The molecule has 0 bridgehead atoms. The van der Waals surface area contributed by atoms with E-state index in [0.717, 1.165) is 54.5 Å². The van der Waals surface area contributed by atoms with Gasteiger partial charge in [-0.25, -0.2) is 4.98 Å². The molecule has 1 fully saturated rings. The van der Waals surface area contributed by atoms with E-state index in [4.69, 9.17) is 9.72 Å². The Morgan fingerprint density at radius 3 is 2.79 bits per heavy atom. The van der Waals surface area contributed by atoms with Crippen molar-refractivity contribution >= 4 is 39.2 Å². The first-order valence-electron chi connectivity index (χ1n) is 12.0. The number of ether oxygens (including phenoxy) is 1. The Morgan fingerprint density at radius 1 is 1.29 bits per heavy atom. The zero-order chi connectivity index (χ0) is 23.8. The number of fused-ring (bicyclic) bond motifs is 3. The molecule has 1 amide bonds. The summed E-state index contributed by atoms with van der Waals surface area (Å²) >= 11 is 3.03. The van der Waals surface area contributed by atoms with Gasteiger partial charge in [-0.15, -0.1) is 11.3 Å². The lowest BCUT2D eigenvalue weighted by Crippen LogP contribution is -2.31. The van der Waals surface area contributed by atoms with Gasteiger partial charge < -0.3 is 9.64 Å². The van der Waals surface area contributed by atoms with Crippen LogP contribution in [0.3, 0.4) is 0 Å². The minimum Gasteiger partial charge on any atom is -0.376 e. The van der Waals surface area contributed by atoms with E-state index >= 15 is 0 Å². The predicted octanol–water partition coefficient (Wildman–Crippen LogP) is 4.68. The molecule has 34 heavy (non-hydrogen) atoms. The van der Waals surface area contributed by atoms with Gasteiger partial charge in [0, 0.05) is 25.6 Å². The SMILES string of the molecule is CC1CCc2c(sc3nc(SC(C(=O)N(C)C)c4ccccc4)n(CC4CCCO4)c(=O)c23)C1. The number of amides is 1. The van der Waals surface area contributed by atoms with Crippen molar-refractivity contribution in [2.45, 2.75) is 62.1 Å². The summed E-state index contributed by atoms with van der Waals surface area (Å²) in [5.41, 5.74) is 2.11. The highest BCUT2D eigenvalue weighted by molar-refractivity contribution is 8.00. The molecule has 180 valence electrons. The van der Waals surface area contributed by atoms with Crippen molar-refractivity contribution in [1.29, 1.82) is 0 Å². The fraction of sp³-hybridized carbons (Fsp3) is 0.500. The normalized spacial score (nSPS) is 20.9. The summed E-state index contributed by atoms with van der Waals surface area (Å²) in [6.07, 6.45) is 5.00. The summed E-state index contributed by atoms with van der Waals surface area (Å²) in [4.78, 5) is 35.9. The second-order valence-electron chi connectivity index (χ2n) is 9.62. The number of nitrogens with zero attached hydrogens (tertiary/aromatic N) is 3.